The van der Waals surface area contributed by atoms with Gasteiger partial charge < -0.3 is 14.9 Å². The van der Waals surface area contributed by atoms with E-state index in [2.05, 4.69) is 4.74 Å². The molecule has 0 unspecified atom stereocenters. The van der Waals surface area contributed by atoms with Crippen molar-refractivity contribution in [3.05, 3.63) is 12.2 Å². The van der Waals surface area contributed by atoms with E-state index in [1.165, 1.54) is 12.2 Å². The predicted octanol–water partition coefficient (Wildman–Crippen LogP) is 0.239. The maximum Gasteiger partial charge on any atom is 0.305 e. The van der Waals surface area contributed by atoms with Gasteiger partial charge in [-0.15, -0.1) is 0 Å². The van der Waals surface area contributed by atoms with Crippen LogP contribution in [-0.4, -0.2) is 35.5 Å². The van der Waals surface area contributed by atoms with Gasteiger partial charge in [0.1, 0.15) is 0 Å². The van der Waals surface area contributed by atoms with Gasteiger partial charge in [0, 0.05) is 6.42 Å². The molecule has 13 heavy (non-hydrogen) atoms. The van der Waals surface area contributed by atoms with Crippen molar-refractivity contribution in [2.24, 2.45) is 0 Å². The third-order valence-corrected chi connectivity index (χ3v) is 1.41. The summed E-state index contributed by atoms with van der Waals surface area (Å²) in [6, 6.07) is 0. The topological polar surface area (TPSA) is 66.8 Å². The molecule has 0 bridgehead atoms. The number of rotatable bonds is 6. The number of aliphatic hydroxyl groups is 2. The molecule has 0 saturated carbocycles. The Labute approximate surface area is 77.8 Å². The molecule has 1 atom stereocenters. The number of ether oxygens (including phenoxy) is 1. The lowest BCUT2D eigenvalue weighted by molar-refractivity contribution is -0.143. The van der Waals surface area contributed by atoms with Crippen LogP contribution >= 0.6 is 0 Å². The quantitative estimate of drug-likeness (QED) is 0.463. The molecular formula is C9H16O4. The summed E-state index contributed by atoms with van der Waals surface area (Å²) in [5.74, 6) is -0.307. The van der Waals surface area contributed by atoms with E-state index in [1.54, 1.807) is 6.92 Å². The highest BCUT2D eigenvalue weighted by Crippen LogP contribution is 2.00. The Morgan fingerprint density at radius 3 is 2.85 bits per heavy atom. The third-order valence-electron chi connectivity index (χ3n) is 1.41. The monoisotopic (exact) mass is 188 g/mol. The van der Waals surface area contributed by atoms with Gasteiger partial charge in [-0.25, -0.2) is 0 Å². The summed E-state index contributed by atoms with van der Waals surface area (Å²) in [7, 11) is 0. The highest BCUT2D eigenvalue weighted by Gasteiger charge is 2.05. The minimum absolute atomic E-state index is 0.101. The summed E-state index contributed by atoms with van der Waals surface area (Å²) in [5.41, 5.74) is 0. The van der Waals surface area contributed by atoms with E-state index in [9.17, 15) is 9.90 Å². The Kier molecular flexibility index (Phi) is 7.24. The molecule has 4 nitrogen and oxygen atoms in total. The largest absolute Gasteiger partial charge is 0.466 e. The molecule has 0 radical (unpaired) electrons. The molecule has 4 heteroatoms. The van der Waals surface area contributed by atoms with Gasteiger partial charge in [-0.05, 0) is 13.3 Å². The van der Waals surface area contributed by atoms with Crippen LogP contribution in [0.4, 0.5) is 0 Å². The van der Waals surface area contributed by atoms with Gasteiger partial charge in [-0.3, -0.25) is 4.79 Å². The highest BCUT2D eigenvalue weighted by atomic mass is 16.5. The maximum absolute atomic E-state index is 10.8. The second kappa shape index (κ2) is 7.76. The van der Waals surface area contributed by atoms with Crippen molar-refractivity contribution in [3.63, 3.8) is 0 Å². The fraction of sp³-hybridized carbons (Fsp3) is 0.667. The molecule has 0 aliphatic carbocycles. The highest BCUT2D eigenvalue weighted by molar-refractivity contribution is 5.69. The fourth-order valence-corrected chi connectivity index (χ4v) is 0.813. The summed E-state index contributed by atoms with van der Waals surface area (Å²) in [4.78, 5) is 10.8. The molecule has 0 aromatic heterocycles. The van der Waals surface area contributed by atoms with Crippen molar-refractivity contribution < 1.29 is 19.7 Å². The summed E-state index contributed by atoms with van der Waals surface area (Å²) >= 11 is 0. The standard InChI is InChI=1S/C9H16O4/c1-2-13-9(12)6-5-8(11)4-3-7-10/h3-4,8,10-11H,2,5-7H2,1H3/b4-3+/t8-/m1/s1. The average molecular weight is 188 g/mol. The van der Waals surface area contributed by atoms with Gasteiger partial charge in [-0.2, -0.15) is 0 Å². The molecule has 0 aromatic carbocycles. The summed E-state index contributed by atoms with van der Waals surface area (Å²) in [6.07, 6.45) is 2.74. The predicted molar refractivity (Wildman–Crippen MR) is 48.1 cm³/mol. The zero-order chi connectivity index (χ0) is 10.1. The molecule has 0 aliphatic heterocycles. The number of esters is 1. The second-order valence-electron chi connectivity index (χ2n) is 2.52. The van der Waals surface area contributed by atoms with Gasteiger partial charge in [-0.1, -0.05) is 12.2 Å². The van der Waals surface area contributed by atoms with Crippen LogP contribution < -0.4 is 0 Å². The average Bonchev–Trinajstić information content (AvgIpc) is 2.12. The Bertz CT molecular complexity index is 165. The minimum atomic E-state index is -0.684. The molecular weight excluding hydrogens is 172 g/mol. The Balaban J connectivity index is 3.51. The number of carbonyl (C=O) groups excluding carboxylic acids is 1. The molecule has 0 saturated heterocycles. The third kappa shape index (κ3) is 7.49. The van der Waals surface area contributed by atoms with E-state index in [4.69, 9.17) is 5.11 Å². The molecule has 2 N–H and O–H groups in total. The number of hydrogen-bond donors (Lipinski definition) is 2. The number of carbonyl (C=O) groups is 1. The first-order chi connectivity index (χ1) is 6.20. The van der Waals surface area contributed by atoms with E-state index in [-0.39, 0.29) is 19.0 Å². The molecule has 0 aliphatic rings. The van der Waals surface area contributed by atoms with E-state index in [1.807, 2.05) is 0 Å². The van der Waals surface area contributed by atoms with E-state index in [0.29, 0.717) is 13.0 Å². The number of hydrogen-bond acceptors (Lipinski definition) is 4. The van der Waals surface area contributed by atoms with Gasteiger partial charge in [0.05, 0.1) is 19.3 Å². The lowest BCUT2D eigenvalue weighted by Crippen LogP contribution is -2.09. The first-order valence-corrected chi connectivity index (χ1v) is 4.32. The molecule has 0 spiro atoms. The van der Waals surface area contributed by atoms with Gasteiger partial charge in [0.25, 0.3) is 0 Å². The zero-order valence-corrected chi connectivity index (χ0v) is 7.77. The maximum atomic E-state index is 10.8. The van der Waals surface area contributed by atoms with Crippen LogP contribution in [0, 0.1) is 0 Å². The molecule has 0 amide bonds. The van der Waals surface area contributed by atoms with Crippen molar-refractivity contribution >= 4 is 5.97 Å². The van der Waals surface area contributed by atoms with E-state index >= 15 is 0 Å². The van der Waals surface area contributed by atoms with Crippen molar-refractivity contribution in [2.45, 2.75) is 25.9 Å². The zero-order valence-electron chi connectivity index (χ0n) is 7.77. The second-order valence-corrected chi connectivity index (χ2v) is 2.52. The molecule has 0 heterocycles. The van der Waals surface area contributed by atoms with Crippen LogP contribution in [0.5, 0.6) is 0 Å². The van der Waals surface area contributed by atoms with Crippen LogP contribution in [0.1, 0.15) is 19.8 Å². The Morgan fingerprint density at radius 1 is 1.62 bits per heavy atom. The first-order valence-electron chi connectivity index (χ1n) is 4.32. The van der Waals surface area contributed by atoms with Gasteiger partial charge >= 0.3 is 5.97 Å². The lowest BCUT2D eigenvalue weighted by atomic mass is 10.2. The van der Waals surface area contributed by atoms with Crippen molar-refractivity contribution in [1.82, 2.24) is 0 Å². The Morgan fingerprint density at radius 2 is 2.31 bits per heavy atom. The minimum Gasteiger partial charge on any atom is -0.466 e. The molecule has 0 rings (SSSR count). The SMILES string of the molecule is CCOC(=O)CC[C@H](O)/C=C/CO. The normalized spacial score (nSPS) is 13.2. The molecule has 0 fully saturated rings. The van der Waals surface area contributed by atoms with E-state index < -0.39 is 6.10 Å². The lowest BCUT2D eigenvalue weighted by Gasteiger charge is -2.04. The first kappa shape index (κ1) is 12.1. The van der Waals surface area contributed by atoms with Crippen LogP contribution in [0.3, 0.4) is 0 Å². The van der Waals surface area contributed by atoms with E-state index in [0.717, 1.165) is 0 Å². The molecule has 0 aromatic rings. The number of aliphatic hydroxyl groups excluding tert-OH is 2. The van der Waals surface area contributed by atoms with Gasteiger partial charge in [0.2, 0.25) is 0 Å². The van der Waals surface area contributed by atoms with Crippen LogP contribution in [0.15, 0.2) is 12.2 Å². The molecule has 76 valence electrons. The van der Waals surface area contributed by atoms with Gasteiger partial charge in [0.15, 0.2) is 0 Å². The summed E-state index contributed by atoms with van der Waals surface area (Å²) < 4.78 is 4.67. The van der Waals surface area contributed by atoms with Crippen molar-refractivity contribution in [3.8, 4) is 0 Å². The van der Waals surface area contributed by atoms with Crippen LogP contribution in [0.2, 0.25) is 0 Å². The Hall–Kier alpha value is -0.870. The summed E-state index contributed by atoms with van der Waals surface area (Å²) in [5, 5.41) is 17.6. The van der Waals surface area contributed by atoms with Crippen molar-refractivity contribution in [2.75, 3.05) is 13.2 Å². The fourth-order valence-electron chi connectivity index (χ4n) is 0.813. The van der Waals surface area contributed by atoms with Crippen molar-refractivity contribution in [1.29, 1.82) is 0 Å². The summed E-state index contributed by atoms with van der Waals surface area (Å²) in [6.45, 7) is 2.00. The van der Waals surface area contributed by atoms with Crippen LogP contribution in [0.25, 0.3) is 0 Å². The smallest absolute Gasteiger partial charge is 0.305 e. The van der Waals surface area contributed by atoms with Crippen LogP contribution in [-0.2, 0) is 9.53 Å².